The number of likely N-dealkylation sites (tertiary alicyclic amines) is 1. The maximum Gasteiger partial charge on any atom is 0.254 e. The zero-order chi connectivity index (χ0) is 32.2. The summed E-state index contributed by atoms with van der Waals surface area (Å²) in [6.45, 7) is 6.52. The van der Waals surface area contributed by atoms with Gasteiger partial charge in [-0.15, -0.1) is 0 Å². The van der Waals surface area contributed by atoms with E-state index in [1.165, 1.54) is 12.8 Å². The van der Waals surface area contributed by atoms with E-state index in [-0.39, 0.29) is 18.0 Å². The molecule has 11 nitrogen and oxygen atoms in total. The average molecular weight is 635 g/mol. The van der Waals surface area contributed by atoms with Crippen molar-refractivity contribution in [3.8, 4) is 28.5 Å². The molecule has 47 heavy (non-hydrogen) atoms. The first-order valence-corrected chi connectivity index (χ1v) is 16.8. The first-order chi connectivity index (χ1) is 22.9. The predicted molar refractivity (Wildman–Crippen MR) is 183 cm³/mol. The smallest absolute Gasteiger partial charge is 0.254 e. The van der Waals surface area contributed by atoms with Crippen molar-refractivity contribution in [3.63, 3.8) is 0 Å². The number of pyridine rings is 2. The standard InChI is InChI=1S/C36H42N8O3/c1-22-6-10-26(37)21-43(22)36(45)25-17-29-32(31(19-25)46-3)41(2)35(40-29)30-18-24-9-11-28(39-33(24)44(30)20-23-7-8-23)27-5-4-12-38-34(27)42-13-15-47-16-14-42/h4-5,9,11-12,17-19,22-23,26H,6-8,10,13-16,20-21,37H2,1-3H3/t22-,26+/m0/s1. The maximum absolute atomic E-state index is 13.8. The van der Waals surface area contributed by atoms with Gasteiger partial charge in [0.1, 0.15) is 22.7 Å². The highest BCUT2D eigenvalue weighted by atomic mass is 16.5. The Labute approximate surface area is 274 Å². The van der Waals surface area contributed by atoms with Crippen molar-refractivity contribution in [2.75, 3.05) is 44.9 Å². The molecule has 2 N–H and O–H groups in total. The lowest BCUT2D eigenvalue weighted by Gasteiger charge is -2.36. The van der Waals surface area contributed by atoms with Crippen LogP contribution in [0.25, 0.3) is 44.8 Å². The van der Waals surface area contributed by atoms with Crippen molar-refractivity contribution < 1.29 is 14.3 Å². The van der Waals surface area contributed by atoms with Crippen molar-refractivity contribution in [2.24, 2.45) is 18.7 Å². The number of piperidine rings is 1. The summed E-state index contributed by atoms with van der Waals surface area (Å²) in [6.07, 6.45) is 6.10. The highest BCUT2D eigenvalue weighted by molar-refractivity contribution is 6.00. The van der Waals surface area contributed by atoms with E-state index in [2.05, 4.69) is 45.2 Å². The third-order valence-corrected chi connectivity index (χ3v) is 10.1. The van der Waals surface area contributed by atoms with E-state index in [0.29, 0.717) is 37.0 Å². The largest absolute Gasteiger partial charge is 0.494 e. The van der Waals surface area contributed by atoms with E-state index in [4.69, 9.17) is 30.2 Å². The number of fused-ring (bicyclic) bond motifs is 2. The summed E-state index contributed by atoms with van der Waals surface area (Å²) in [6, 6.07) is 14.4. The molecular formula is C36H42N8O3. The topological polar surface area (TPSA) is 117 Å². The molecular weight excluding hydrogens is 592 g/mol. The molecule has 3 fully saturated rings. The molecule has 2 aliphatic heterocycles. The van der Waals surface area contributed by atoms with Gasteiger partial charge < -0.3 is 34.1 Å². The average Bonchev–Trinajstić information content (AvgIpc) is 3.78. The molecule has 0 spiro atoms. The number of carbonyl (C=O) groups is 1. The molecule has 1 aliphatic carbocycles. The maximum atomic E-state index is 13.8. The number of rotatable bonds is 7. The van der Waals surface area contributed by atoms with Gasteiger partial charge in [-0.05, 0) is 81.0 Å². The molecule has 2 saturated heterocycles. The number of carbonyl (C=O) groups excluding carboxylic acids is 1. The minimum atomic E-state index is -0.0357. The molecule has 0 unspecified atom stereocenters. The Bertz CT molecular complexity index is 1970. The Kier molecular flexibility index (Phi) is 7.60. The SMILES string of the molecule is COc1cc(C(=O)N2C[C@H](N)CC[C@@H]2C)cc2nc(-c3cc4ccc(-c5cccnc5N5CCOCC5)nc4n3CC3CC3)n(C)c12. The fourth-order valence-corrected chi connectivity index (χ4v) is 7.23. The normalized spacial score (nSPS) is 20.3. The van der Waals surface area contributed by atoms with E-state index < -0.39 is 0 Å². The van der Waals surface area contributed by atoms with Crippen LogP contribution in [-0.2, 0) is 18.3 Å². The third kappa shape index (κ3) is 5.41. The highest BCUT2D eigenvalue weighted by Gasteiger charge is 2.30. The Morgan fingerprint density at radius 3 is 2.68 bits per heavy atom. The van der Waals surface area contributed by atoms with Gasteiger partial charge in [0.2, 0.25) is 0 Å². The second-order valence-corrected chi connectivity index (χ2v) is 13.4. The number of amides is 1. The molecule has 4 aromatic heterocycles. The number of anilines is 1. The Morgan fingerprint density at radius 1 is 1.06 bits per heavy atom. The van der Waals surface area contributed by atoms with Gasteiger partial charge in [-0.25, -0.2) is 15.0 Å². The van der Waals surface area contributed by atoms with E-state index in [9.17, 15) is 4.79 Å². The first-order valence-electron chi connectivity index (χ1n) is 16.8. The molecule has 8 rings (SSSR count). The number of hydrogen-bond donors (Lipinski definition) is 1. The van der Waals surface area contributed by atoms with Crippen LogP contribution in [-0.4, -0.2) is 86.9 Å². The van der Waals surface area contributed by atoms with Crippen molar-refractivity contribution in [2.45, 2.75) is 51.2 Å². The van der Waals surface area contributed by atoms with E-state index in [0.717, 1.165) is 83.1 Å². The zero-order valence-corrected chi connectivity index (χ0v) is 27.4. The van der Waals surface area contributed by atoms with Crippen molar-refractivity contribution in [1.29, 1.82) is 0 Å². The zero-order valence-electron chi connectivity index (χ0n) is 27.4. The molecule has 0 radical (unpaired) electrons. The molecule has 0 bridgehead atoms. The number of aromatic nitrogens is 5. The highest BCUT2D eigenvalue weighted by Crippen LogP contribution is 2.39. The summed E-state index contributed by atoms with van der Waals surface area (Å²) >= 11 is 0. The van der Waals surface area contributed by atoms with Crippen LogP contribution in [0.5, 0.6) is 5.75 Å². The van der Waals surface area contributed by atoms with E-state index in [1.807, 2.05) is 36.3 Å². The number of hydrogen-bond acceptors (Lipinski definition) is 8. The van der Waals surface area contributed by atoms with Gasteiger partial charge in [-0.3, -0.25) is 4.79 Å². The molecule has 244 valence electrons. The van der Waals surface area contributed by atoms with Crippen LogP contribution in [0, 0.1) is 5.92 Å². The molecule has 5 aromatic rings. The molecule has 1 amide bonds. The molecule has 6 heterocycles. The molecule has 1 saturated carbocycles. The predicted octanol–water partition coefficient (Wildman–Crippen LogP) is 4.86. The lowest BCUT2D eigenvalue weighted by atomic mass is 9.99. The van der Waals surface area contributed by atoms with Crippen molar-refractivity contribution in [1.82, 2.24) is 29.0 Å². The Morgan fingerprint density at radius 2 is 1.89 bits per heavy atom. The summed E-state index contributed by atoms with van der Waals surface area (Å²) in [5.74, 6) is 2.96. The fourth-order valence-electron chi connectivity index (χ4n) is 7.23. The van der Waals surface area contributed by atoms with Crippen LogP contribution in [0.15, 0.2) is 48.7 Å². The monoisotopic (exact) mass is 634 g/mol. The first kappa shape index (κ1) is 29.9. The quantitative estimate of drug-likeness (QED) is 0.270. The lowest BCUT2D eigenvalue weighted by Crippen LogP contribution is -2.50. The van der Waals surface area contributed by atoms with Gasteiger partial charge in [-0.2, -0.15) is 0 Å². The van der Waals surface area contributed by atoms with E-state index >= 15 is 0 Å². The van der Waals surface area contributed by atoms with Gasteiger partial charge in [0.25, 0.3) is 5.91 Å². The minimum Gasteiger partial charge on any atom is -0.494 e. The second-order valence-electron chi connectivity index (χ2n) is 13.4. The number of morpholine rings is 1. The number of ether oxygens (including phenoxy) is 2. The number of imidazole rings is 1. The van der Waals surface area contributed by atoms with Gasteiger partial charge in [0, 0.05) is 68.0 Å². The number of aryl methyl sites for hydroxylation is 1. The van der Waals surface area contributed by atoms with E-state index in [1.54, 1.807) is 7.11 Å². The summed E-state index contributed by atoms with van der Waals surface area (Å²) < 4.78 is 15.9. The summed E-state index contributed by atoms with van der Waals surface area (Å²) in [7, 11) is 3.66. The van der Waals surface area contributed by atoms with Gasteiger partial charge >= 0.3 is 0 Å². The van der Waals surface area contributed by atoms with Crippen LogP contribution < -0.4 is 15.4 Å². The Hall–Kier alpha value is -4.48. The van der Waals surface area contributed by atoms with Crippen LogP contribution in [0.3, 0.4) is 0 Å². The van der Waals surface area contributed by atoms with Gasteiger partial charge in [-0.1, -0.05) is 0 Å². The number of nitrogens with zero attached hydrogens (tertiary/aromatic N) is 7. The minimum absolute atomic E-state index is 0.00569. The van der Waals surface area contributed by atoms with Crippen molar-refractivity contribution in [3.05, 3.63) is 54.2 Å². The Balaban J connectivity index is 1.23. The van der Waals surface area contributed by atoms with Gasteiger partial charge in [0.05, 0.1) is 37.2 Å². The number of methoxy groups -OCH3 is 1. The fraction of sp³-hybridized carbons (Fsp3) is 0.444. The van der Waals surface area contributed by atoms with Gasteiger partial charge in [0.15, 0.2) is 5.82 Å². The summed E-state index contributed by atoms with van der Waals surface area (Å²) in [5.41, 5.74) is 12.3. The molecule has 3 aliphatic rings. The second kappa shape index (κ2) is 12.0. The van der Waals surface area contributed by atoms with Crippen LogP contribution >= 0.6 is 0 Å². The van der Waals surface area contributed by atoms with Crippen LogP contribution in [0.1, 0.15) is 43.0 Å². The molecule has 1 aromatic carbocycles. The summed E-state index contributed by atoms with van der Waals surface area (Å²) in [5, 5.41) is 1.06. The number of nitrogens with two attached hydrogens (primary N) is 1. The molecule has 11 heteroatoms. The summed E-state index contributed by atoms with van der Waals surface area (Å²) in [4.78, 5) is 33.2. The van der Waals surface area contributed by atoms with Crippen LogP contribution in [0.2, 0.25) is 0 Å². The molecule has 2 atom stereocenters. The third-order valence-electron chi connectivity index (χ3n) is 10.1. The van der Waals surface area contributed by atoms with Crippen LogP contribution in [0.4, 0.5) is 5.82 Å². The van der Waals surface area contributed by atoms with Crippen molar-refractivity contribution >= 4 is 33.8 Å². The lowest BCUT2D eigenvalue weighted by molar-refractivity contribution is 0.0612. The number of benzene rings is 1.